The molecule has 0 aliphatic heterocycles. The third kappa shape index (κ3) is 3.80. The zero-order valence-electron chi connectivity index (χ0n) is 10.7. The molecule has 1 aromatic carbocycles. The molecule has 1 rings (SSSR count). The Bertz CT molecular complexity index is 565. The van der Waals surface area contributed by atoms with E-state index in [1.165, 1.54) is 0 Å². The van der Waals surface area contributed by atoms with Crippen LogP contribution in [0.25, 0.3) is 0 Å². The molecule has 0 spiro atoms. The lowest BCUT2D eigenvalue weighted by Crippen LogP contribution is -2.33. The first-order valence-corrected chi connectivity index (χ1v) is 5.69. The molecule has 5 nitrogen and oxygen atoms in total. The molecule has 2 atom stereocenters. The molecule has 2 N–H and O–H groups in total. The van der Waals surface area contributed by atoms with Crippen LogP contribution in [0.3, 0.4) is 0 Å². The maximum Gasteiger partial charge on any atom is 0.416 e. The van der Waals surface area contributed by atoms with Gasteiger partial charge >= 0.3 is 18.1 Å². The van der Waals surface area contributed by atoms with Gasteiger partial charge in [-0.05, 0) is 18.6 Å². The molecule has 2 unspecified atom stereocenters. The second-order valence-corrected chi connectivity index (χ2v) is 4.37. The highest BCUT2D eigenvalue weighted by atomic mass is 19.4. The first-order valence-electron chi connectivity index (χ1n) is 5.69. The SMILES string of the molecule is CC(=O)C(C(=O)O)C(C(=O)O)c1cccc(C(F)(F)F)c1. The summed E-state index contributed by atoms with van der Waals surface area (Å²) in [5.74, 6) is -8.18. The van der Waals surface area contributed by atoms with E-state index < -0.39 is 41.3 Å². The third-order valence-electron chi connectivity index (χ3n) is 2.88. The summed E-state index contributed by atoms with van der Waals surface area (Å²) < 4.78 is 37.9. The molecule has 0 amide bonds. The zero-order valence-corrected chi connectivity index (χ0v) is 10.7. The number of Topliss-reactive ketones (excluding diaryl/α,β-unsaturated/α-hetero) is 1. The Morgan fingerprint density at radius 3 is 2.05 bits per heavy atom. The van der Waals surface area contributed by atoms with Crippen LogP contribution in [0.5, 0.6) is 0 Å². The average Bonchev–Trinajstić information content (AvgIpc) is 2.33. The number of benzene rings is 1. The van der Waals surface area contributed by atoms with Crippen LogP contribution in [-0.2, 0) is 20.6 Å². The molecule has 0 radical (unpaired) electrons. The molecule has 0 heterocycles. The van der Waals surface area contributed by atoms with E-state index in [4.69, 9.17) is 10.2 Å². The Kier molecular flexibility index (Phi) is 4.72. The monoisotopic (exact) mass is 304 g/mol. The van der Waals surface area contributed by atoms with Gasteiger partial charge < -0.3 is 10.2 Å². The number of rotatable bonds is 5. The molecule has 114 valence electrons. The van der Waals surface area contributed by atoms with Crippen LogP contribution in [0.2, 0.25) is 0 Å². The fourth-order valence-electron chi connectivity index (χ4n) is 1.94. The molecule has 0 aromatic heterocycles. The van der Waals surface area contributed by atoms with E-state index in [2.05, 4.69) is 0 Å². The van der Waals surface area contributed by atoms with Gasteiger partial charge in [-0.1, -0.05) is 18.2 Å². The van der Waals surface area contributed by atoms with Crippen LogP contribution >= 0.6 is 0 Å². The zero-order chi connectivity index (χ0) is 16.4. The minimum absolute atomic E-state index is 0.389. The number of ketones is 1. The van der Waals surface area contributed by atoms with Gasteiger partial charge in [0.2, 0.25) is 0 Å². The Morgan fingerprint density at radius 1 is 1.10 bits per heavy atom. The highest BCUT2D eigenvalue weighted by molar-refractivity contribution is 6.02. The van der Waals surface area contributed by atoms with Crippen molar-refractivity contribution in [2.24, 2.45) is 5.92 Å². The van der Waals surface area contributed by atoms with E-state index in [0.717, 1.165) is 25.1 Å². The summed E-state index contributed by atoms with van der Waals surface area (Å²) in [6.45, 7) is 0.877. The van der Waals surface area contributed by atoms with Crippen molar-refractivity contribution in [2.45, 2.75) is 19.0 Å². The minimum atomic E-state index is -4.70. The van der Waals surface area contributed by atoms with Crippen molar-refractivity contribution in [1.82, 2.24) is 0 Å². The second-order valence-electron chi connectivity index (χ2n) is 4.37. The number of carboxylic acid groups (broad SMARTS) is 2. The van der Waals surface area contributed by atoms with Crippen LogP contribution in [0.15, 0.2) is 24.3 Å². The van der Waals surface area contributed by atoms with Crippen LogP contribution in [0.4, 0.5) is 13.2 Å². The van der Waals surface area contributed by atoms with E-state index in [-0.39, 0.29) is 5.56 Å². The first-order chi connectivity index (χ1) is 9.55. The number of aliphatic carboxylic acids is 2. The maximum atomic E-state index is 12.6. The van der Waals surface area contributed by atoms with Crippen LogP contribution < -0.4 is 0 Å². The Labute approximate surface area is 117 Å². The van der Waals surface area contributed by atoms with E-state index in [0.29, 0.717) is 6.07 Å². The molecular formula is C13H11F3O5. The predicted molar refractivity (Wildman–Crippen MR) is 63.6 cm³/mol. The average molecular weight is 304 g/mol. The molecule has 0 bridgehead atoms. The van der Waals surface area contributed by atoms with Crippen molar-refractivity contribution in [3.63, 3.8) is 0 Å². The predicted octanol–water partition coefficient (Wildman–Crippen LogP) is 2.16. The molecule has 0 aliphatic rings. The van der Waals surface area contributed by atoms with Gasteiger partial charge in [0.1, 0.15) is 17.6 Å². The Balaban J connectivity index is 3.39. The highest BCUT2D eigenvalue weighted by Crippen LogP contribution is 2.33. The smallest absolute Gasteiger partial charge is 0.416 e. The topological polar surface area (TPSA) is 91.7 Å². The summed E-state index contributed by atoms with van der Waals surface area (Å²) in [5, 5.41) is 18.0. The van der Waals surface area contributed by atoms with Crippen molar-refractivity contribution < 1.29 is 37.8 Å². The summed E-state index contributed by atoms with van der Waals surface area (Å²) in [6.07, 6.45) is -4.70. The molecule has 0 fully saturated rings. The van der Waals surface area contributed by atoms with Crippen LogP contribution in [0.1, 0.15) is 24.0 Å². The van der Waals surface area contributed by atoms with Crippen molar-refractivity contribution in [2.75, 3.05) is 0 Å². The van der Waals surface area contributed by atoms with Gasteiger partial charge in [0.05, 0.1) is 5.56 Å². The molecule has 21 heavy (non-hydrogen) atoms. The van der Waals surface area contributed by atoms with Crippen molar-refractivity contribution >= 4 is 17.7 Å². The van der Waals surface area contributed by atoms with Gasteiger partial charge in [0.25, 0.3) is 0 Å². The van der Waals surface area contributed by atoms with Gasteiger partial charge in [0, 0.05) is 0 Å². The quantitative estimate of drug-likeness (QED) is 0.813. The number of alkyl halides is 3. The van der Waals surface area contributed by atoms with Crippen molar-refractivity contribution in [3.8, 4) is 0 Å². The van der Waals surface area contributed by atoms with Gasteiger partial charge in [-0.3, -0.25) is 14.4 Å². The fraction of sp³-hybridized carbons (Fsp3) is 0.308. The molecular weight excluding hydrogens is 293 g/mol. The minimum Gasteiger partial charge on any atom is -0.481 e. The fourth-order valence-corrected chi connectivity index (χ4v) is 1.94. The normalized spacial score (nSPS) is 14.3. The molecule has 0 saturated heterocycles. The lowest BCUT2D eigenvalue weighted by atomic mass is 9.83. The summed E-state index contributed by atoms with van der Waals surface area (Å²) in [7, 11) is 0. The lowest BCUT2D eigenvalue weighted by molar-refractivity contribution is -0.153. The number of hydrogen-bond donors (Lipinski definition) is 2. The summed E-state index contributed by atoms with van der Waals surface area (Å²) in [6, 6.07) is 3.28. The number of carbonyl (C=O) groups is 3. The number of halogens is 3. The third-order valence-corrected chi connectivity index (χ3v) is 2.88. The van der Waals surface area contributed by atoms with Crippen LogP contribution in [0, 0.1) is 5.92 Å². The number of hydrogen-bond acceptors (Lipinski definition) is 3. The highest BCUT2D eigenvalue weighted by Gasteiger charge is 2.40. The van der Waals surface area contributed by atoms with Gasteiger partial charge in [-0.25, -0.2) is 0 Å². The van der Waals surface area contributed by atoms with Crippen molar-refractivity contribution in [3.05, 3.63) is 35.4 Å². The Hall–Kier alpha value is -2.38. The molecule has 0 saturated carbocycles. The summed E-state index contributed by atoms with van der Waals surface area (Å²) in [5.41, 5.74) is -1.50. The van der Waals surface area contributed by atoms with E-state index in [1.807, 2.05) is 0 Å². The van der Waals surface area contributed by atoms with Crippen molar-refractivity contribution in [1.29, 1.82) is 0 Å². The lowest BCUT2D eigenvalue weighted by Gasteiger charge is -2.19. The Morgan fingerprint density at radius 2 is 1.67 bits per heavy atom. The second kappa shape index (κ2) is 5.94. The first kappa shape index (κ1) is 16.7. The molecule has 0 aliphatic carbocycles. The van der Waals surface area contributed by atoms with E-state index in [1.54, 1.807) is 0 Å². The largest absolute Gasteiger partial charge is 0.481 e. The number of carboxylic acids is 2. The summed E-state index contributed by atoms with van der Waals surface area (Å²) in [4.78, 5) is 33.6. The van der Waals surface area contributed by atoms with Gasteiger partial charge in [-0.2, -0.15) is 13.2 Å². The molecule has 1 aromatic rings. The summed E-state index contributed by atoms with van der Waals surface area (Å²) >= 11 is 0. The molecule has 8 heteroatoms. The van der Waals surface area contributed by atoms with E-state index in [9.17, 15) is 27.6 Å². The standard InChI is InChI=1S/C13H11F3O5/c1-6(17)9(11(18)19)10(12(20)21)7-3-2-4-8(5-7)13(14,15)16/h2-5,9-10H,1H3,(H,18,19)(H,20,21). The van der Waals surface area contributed by atoms with Crippen LogP contribution in [-0.4, -0.2) is 27.9 Å². The maximum absolute atomic E-state index is 12.6. The number of carbonyl (C=O) groups excluding carboxylic acids is 1. The van der Waals surface area contributed by atoms with E-state index >= 15 is 0 Å². The van der Waals surface area contributed by atoms with Gasteiger partial charge in [-0.15, -0.1) is 0 Å². The van der Waals surface area contributed by atoms with Gasteiger partial charge in [0.15, 0.2) is 0 Å².